The van der Waals surface area contributed by atoms with Crippen molar-refractivity contribution in [1.82, 2.24) is 0 Å². The summed E-state index contributed by atoms with van der Waals surface area (Å²) < 4.78 is 21.7. The summed E-state index contributed by atoms with van der Waals surface area (Å²) in [6.07, 6.45) is 1.70. The van der Waals surface area contributed by atoms with Gasteiger partial charge >= 0.3 is 5.97 Å². The number of rotatable bonds is 10. The van der Waals surface area contributed by atoms with E-state index in [1.165, 1.54) is 21.1 Å². The van der Waals surface area contributed by atoms with E-state index in [0.717, 1.165) is 12.0 Å². The predicted octanol–water partition coefficient (Wildman–Crippen LogP) is 2.48. The Morgan fingerprint density at radius 2 is 1.68 bits per heavy atom. The number of ether oxygens (including phenoxy) is 4. The van der Waals surface area contributed by atoms with Gasteiger partial charge in [-0.3, -0.25) is 4.79 Å². The fourth-order valence-corrected chi connectivity index (χ4v) is 2.91. The molecule has 0 spiro atoms. The first-order chi connectivity index (χ1) is 11.7. The second-order valence-electron chi connectivity index (χ2n) is 6.24. The minimum atomic E-state index is -1.28. The van der Waals surface area contributed by atoms with E-state index in [1.807, 2.05) is 13.0 Å². The number of nitrogens with two attached hydrogens (primary N) is 1. The van der Waals surface area contributed by atoms with Crippen molar-refractivity contribution in [1.29, 1.82) is 0 Å². The maximum atomic E-state index is 11.3. The van der Waals surface area contributed by atoms with Crippen molar-refractivity contribution in [2.45, 2.75) is 38.6 Å². The zero-order chi connectivity index (χ0) is 19.2. The number of methoxy groups -OCH3 is 4. The van der Waals surface area contributed by atoms with Gasteiger partial charge in [-0.05, 0) is 31.7 Å². The van der Waals surface area contributed by atoms with Gasteiger partial charge in [-0.25, -0.2) is 0 Å². The Morgan fingerprint density at radius 1 is 1.12 bits per heavy atom. The number of aliphatic carboxylic acids is 1. The van der Waals surface area contributed by atoms with E-state index in [2.05, 4.69) is 0 Å². The van der Waals surface area contributed by atoms with Crippen LogP contribution in [-0.2, 0) is 11.2 Å². The van der Waals surface area contributed by atoms with Gasteiger partial charge in [-0.2, -0.15) is 0 Å². The lowest BCUT2D eigenvalue weighted by Crippen LogP contribution is -2.46. The molecule has 0 heterocycles. The molecule has 0 aliphatic rings. The second-order valence-corrected chi connectivity index (χ2v) is 6.24. The minimum absolute atomic E-state index is 0.0582. The van der Waals surface area contributed by atoms with E-state index >= 15 is 0 Å². The van der Waals surface area contributed by atoms with Gasteiger partial charge in [0.1, 0.15) is 5.54 Å². The molecular formula is C18H29NO6. The average molecular weight is 355 g/mol. The zero-order valence-corrected chi connectivity index (χ0v) is 15.8. The highest BCUT2D eigenvalue weighted by atomic mass is 16.5. The van der Waals surface area contributed by atoms with Crippen LogP contribution in [0.15, 0.2) is 6.07 Å². The maximum absolute atomic E-state index is 11.3. The Hall–Kier alpha value is -2.15. The molecule has 2 atom stereocenters. The summed E-state index contributed by atoms with van der Waals surface area (Å²) >= 11 is 0. The smallest absolute Gasteiger partial charge is 0.323 e. The number of hydrogen-bond acceptors (Lipinski definition) is 6. The number of carbonyl (C=O) groups is 1. The minimum Gasteiger partial charge on any atom is -0.493 e. The summed E-state index contributed by atoms with van der Waals surface area (Å²) in [4.78, 5) is 11.3. The Labute approximate surface area is 149 Å². The van der Waals surface area contributed by atoms with Crippen molar-refractivity contribution in [2.75, 3.05) is 28.4 Å². The topological polar surface area (TPSA) is 100 Å². The van der Waals surface area contributed by atoms with Crippen LogP contribution in [0.25, 0.3) is 0 Å². The average Bonchev–Trinajstić information content (AvgIpc) is 2.59. The first-order valence-electron chi connectivity index (χ1n) is 8.13. The summed E-state index contributed by atoms with van der Waals surface area (Å²) in [6.45, 7) is 3.54. The molecular weight excluding hydrogens is 326 g/mol. The van der Waals surface area contributed by atoms with Crippen LogP contribution in [-0.4, -0.2) is 45.1 Å². The maximum Gasteiger partial charge on any atom is 0.323 e. The summed E-state index contributed by atoms with van der Waals surface area (Å²) in [6, 6.07) is 1.83. The number of hydrogen-bond donors (Lipinski definition) is 2. The van der Waals surface area contributed by atoms with E-state index in [1.54, 1.807) is 14.2 Å². The van der Waals surface area contributed by atoms with Gasteiger partial charge < -0.3 is 29.8 Å². The van der Waals surface area contributed by atoms with Crippen LogP contribution in [0.5, 0.6) is 23.0 Å². The van der Waals surface area contributed by atoms with E-state index < -0.39 is 11.5 Å². The standard InChI is InChI=1S/C18H29NO6/c1-7-11(10-18(2,19)17(20)21)8-12-9-13(22-3)15(24-5)16(25-6)14(12)23-4/h9,11H,7-8,10,19H2,1-6H3,(H,20,21). The predicted molar refractivity (Wildman–Crippen MR) is 95.0 cm³/mol. The lowest BCUT2D eigenvalue weighted by molar-refractivity contribution is -0.143. The summed E-state index contributed by atoms with van der Waals surface area (Å²) in [5.74, 6) is 1.02. The Kier molecular flexibility index (Phi) is 7.36. The van der Waals surface area contributed by atoms with Gasteiger partial charge in [0, 0.05) is 5.56 Å². The molecule has 0 saturated heterocycles. The third-order valence-corrected chi connectivity index (χ3v) is 4.35. The van der Waals surface area contributed by atoms with E-state index in [4.69, 9.17) is 24.7 Å². The molecule has 0 aliphatic heterocycles. The molecule has 0 saturated carbocycles. The number of carboxylic acid groups (broad SMARTS) is 1. The van der Waals surface area contributed by atoms with Crippen LogP contribution in [0.1, 0.15) is 32.3 Å². The third kappa shape index (κ3) is 4.69. The fraction of sp³-hybridized carbons (Fsp3) is 0.611. The molecule has 25 heavy (non-hydrogen) atoms. The molecule has 1 rings (SSSR count). The third-order valence-electron chi connectivity index (χ3n) is 4.35. The first kappa shape index (κ1) is 20.9. The quantitative estimate of drug-likeness (QED) is 0.665. The SMILES string of the molecule is CCC(Cc1cc(OC)c(OC)c(OC)c1OC)CC(C)(N)C(=O)O. The van der Waals surface area contributed by atoms with E-state index in [-0.39, 0.29) is 5.92 Å². The monoisotopic (exact) mass is 355 g/mol. The van der Waals surface area contributed by atoms with E-state index in [9.17, 15) is 9.90 Å². The van der Waals surface area contributed by atoms with Crippen LogP contribution in [0.4, 0.5) is 0 Å². The number of benzene rings is 1. The highest BCUT2D eigenvalue weighted by Crippen LogP contribution is 2.47. The molecule has 142 valence electrons. The van der Waals surface area contributed by atoms with Crippen molar-refractivity contribution < 1.29 is 28.8 Å². The summed E-state index contributed by atoms with van der Waals surface area (Å²) in [5.41, 5.74) is 5.49. The molecule has 2 unspecified atom stereocenters. The largest absolute Gasteiger partial charge is 0.493 e. The molecule has 0 aliphatic carbocycles. The Bertz CT molecular complexity index is 600. The van der Waals surface area contributed by atoms with Gasteiger partial charge in [0.15, 0.2) is 11.5 Å². The lowest BCUT2D eigenvalue weighted by atomic mass is 9.84. The van der Waals surface area contributed by atoms with Crippen LogP contribution in [0, 0.1) is 5.92 Å². The summed E-state index contributed by atoms with van der Waals surface area (Å²) in [7, 11) is 6.16. The Morgan fingerprint density at radius 3 is 2.08 bits per heavy atom. The van der Waals surface area contributed by atoms with Crippen LogP contribution < -0.4 is 24.7 Å². The zero-order valence-electron chi connectivity index (χ0n) is 15.8. The van der Waals surface area contributed by atoms with Gasteiger partial charge in [0.25, 0.3) is 0 Å². The molecule has 0 radical (unpaired) electrons. The van der Waals surface area contributed by atoms with Gasteiger partial charge in [-0.15, -0.1) is 0 Å². The van der Waals surface area contributed by atoms with Crippen molar-refractivity contribution in [3.05, 3.63) is 11.6 Å². The van der Waals surface area contributed by atoms with Gasteiger partial charge in [-0.1, -0.05) is 13.3 Å². The van der Waals surface area contributed by atoms with Crippen molar-refractivity contribution in [3.8, 4) is 23.0 Å². The highest BCUT2D eigenvalue weighted by molar-refractivity contribution is 5.77. The van der Waals surface area contributed by atoms with Crippen LogP contribution in [0.3, 0.4) is 0 Å². The van der Waals surface area contributed by atoms with Crippen molar-refractivity contribution in [2.24, 2.45) is 11.7 Å². The molecule has 3 N–H and O–H groups in total. The molecule has 0 aromatic heterocycles. The summed E-state index contributed by atoms with van der Waals surface area (Å²) in [5, 5.41) is 9.28. The lowest BCUT2D eigenvalue weighted by Gasteiger charge is -2.26. The molecule has 1 aromatic carbocycles. The van der Waals surface area contributed by atoms with Crippen LogP contribution in [0.2, 0.25) is 0 Å². The molecule has 7 heteroatoms. The number of carboxylic acids is 1. The second kappa shape index (κ2) is 8.80. The molecule has 7 nitrogen and oxygen atoms in total. The fourth-order valence-electron chi connectivity index (χ4n) is 2.91. The Balaban J connectivity index is 3.29. The van der Waals surface area contributed by atoms with Gasteiger partial charge in [0.2, 0.25) is 11.5 Å². The van der Waals surface area contributed by atoms with Crippen LogP contribution >= 0.6 is 0 Å². The van der Waals surface area contributed by atoms with Crippen molar-refractivity contribution >= 4 is 5.97 Å². The van der Waals surface area contributed by atoms with Crippen molar-refractivity contribution in [3.63, 3.8) is 0 Å². The van der Waals surface area contributed by atoms with E-state index in [0.29, 0.717) is 35.8 Å². The molecule has 0 amide bonds. The first-order valence-corrected chi connectivity index (χ1v) is 8.13. The normalized spacial score (nSPS) is 14.4. The molecule has 0 fully saturated rings. The molecule has 0 bridgehead atoms. The van der Waals surface area contributed by atoms with Gasteiger partial charge in [0.05, 0.1) is 28.4 Å². The highest BCUT2D eigenvalue weighted by Gasteiger charge is 2.32. The molecule has 1 aromatic rings.